The van der Waals surface area contributed by atoms with Crippen LogP contribution in [0, 0.1) is 5.92 Å². The van der Waals surface area contributed by atoms with Crippen molar-refractivity contribution in [1.82, 2.24) is 15.0 Å². The maximum atomic E-state index is 5.81. The molecule has 1 atom stereocenters. The van der Waals surface area contributed by atoms with E-state index in [2.05, 4.69) is 31.7 Å². The van der Waals surface area contributed by atoms with Crippen LogP contribution in [0.25, 0.3) is 0 Å². The summed E-state index contributed by atoms with van der Waals surface area (Å²) in [6.07, 6.45) is 3.62. The van der Waals surface area contributed by atoms with Crippen LogP contribution in [0.15, 0.2) is 0 Å². The zero-order chi connectivity index (χ0) is 12.5. The first-order valence-electron chi connectivity index (χ1n) is 6.74. The van der Waals surface area contributed by atoms with Gasteiger partial charge in [-0.2, -0.15) is 15.0 Å². The van der Waals surface area contributed by atoms with E-state index in [0.29, 0.717) is 11.9 Å². The topological polar surface area (TPSA) is 71.2 Å². The molecule has 0 spiro atoms. The van der Waals surface area contributed by atoms with E-state index in [1.54, 1.807) is 0 Å². The van der Waals surface area contributed by atoms with Gasteiger partial charge in [0, 0.05) is 26.2 Å². The zero-order valence-corrected chi connectivity index (χ0v) is 10.8. The first-order chi connectivity index (χ1) is 8.72. The van der Waals surface area contributed by atoms with Crippen LogP contribution >= 0.6 is 0 Å². The Labute approximate surface area is 107 Å². The Kier molecular flexibility index (Phi) is 2.93. The normalized spacial score (nSPS) is 23.9. The Morgan fingerprint density at radius 1 is 1.00 bits per heavy atom. The van der Waals surface area contributed by atoms with Crippen molar-refractivity contribution >= 4 is 17.8 Å². The van der Waals surface area contributed by atoms with Crippen molar-refractivity contribution in [2.45, 2.75) is 26.2 Å². The molecule has 2 saturated heterocycles. The summed E-state index contributed by atoms with van der Waals surface area (Å²) in [5, 5.41) is 0. The van der Waals surface area contributed by atoms with E-state index < -0.39 is 0 Å². The largest absolute Gasteiger partial charge is 0.368 e. The molecule has 2 aliphatic heterocycles. The number of hydrogen-bond donors (Lipinski definition) is 1. The quantitative estimate of drug-likeness (QED) is 0.838. The van der Waals surface area contributed by atoms with E-state index >= 15 is 0 Å². The maximum absolute atomic E-state index is 5.81. The smallest absolute Gasteiger partial charge is 0.231 e. The molecular weight excluding hydrogens is 228 g/mol. The van der Waals surface area contributed by atoms with Crippen LogP contribution < -0.4 is 15.5 Å². The molecule has 0 bridgehead atoms. The van der Waals surface area contributed by atoms with E-state index in [1.165, 1.54) is 19.3 Å². The number of aromatic nitrogens is 3. The van der Waals surface area contributed by atoms with Gasteiger partial charge < -0.3 is 15.5 Å². The molecule has 2 fully saturated rings. The highest BCUT2D eigenvalue weighted by molar-refractivity contribution is 5.44. The monoisotopic (exact) mass is 248 g/mol. The summed E-state index contributed by atoms with van der Waals surface area (Å²) in [5.74, 6) is 2.53. The van der Waals surface area contributed by atoms with E-state index in [4.69, 9.17) is 5.73 Å². The predicted octanol–water partition coefficient (Wildman–Crippen LogP) is 0.900. The number of anilines is 3. The van der Waals surface area contributed by atoms with Crippen molar-refractivity contribution in [3.05, 3.63) is 0 Å². The third-order valence-electron chi connectivity index (χ3n) is 3.72. The number of rotatable bonds is 2. The number of nitrogens with zero attached hydrogens (tertiary/aromatic N) is 5. The minimum Gasteiger partial charge on any atom is -0.368 e. The Bertz CT molecular complexity index is 429. The van der Waals surface area contributed by atoms with Crippen molar-refractivity contribution in [3.8, 4) is 0 Å². The average Bonchev–Trinajstić information content (AvgIpc) is 2.98. The van der Waals surface area contributed by atoms with E-state index in [0.717, 1.165) is 38.1 Å². The highest BCUT2D eigenvalue weighted by atomic mass is 15.4. The molecule has 1 aromatic heterocycles. The third-order valence-corrected chi connectivity index (χ3v) is 3.72. The van der Waals surface area contributed by atoms with Crippen LogP contribution in [0.3, 0.4) is 0 Å². The molecule has 98 valence electrons. The third kappa shape index (κ3) is 2.19. The summed E-state index contributed by atoms with van der Waals surface area (Å²) in [5.41, 5.74) is 5.81. The Morgan fingerprint density at radius 3 is 2.28 bits per heavy atom. The van der Waals surface area contributed by atoms with Crippen molar-refractivity contribution < 1.29 is 0 Å². The zero-order valence-electron chi connectivity index (χ0n) is 10.8. The fourth-order valence-electron chi connectivity index (χ4n) is 2.69. The van der Waals surface area contributed by atoms with Gasteiger partial charge in [-0.25, -0.2) is 0 Å². The van der Waals surface area contributed by atoms with Gasteiger partial charge in [0.25, 0.3) is 0 Å². The second-order valence-electron chi connectivity index (χ2n) is 5.33. The van der Waals surface area contributed by atoms with Crippen molar-refractivity contribution in [3.63, 3.8) is 0 Å². The SMILES string of the molecule is CC1CCN(c2nc(N)nc(N3CCCC3)n2)C1. The standard InChI is InChI=1S/C12H20N6/c1-9-4-7-18(8-9)12-15-10(13)14-11(16-12)17-5-2-3-6-17/h9H,2-8H2,1H3,(H2,13,14,15,16). The molecule has 1 unspecified atom stereocenters. The van der Waals surface area contributed by atoms with Gasteiger partial charge >= 0.3 is 0 Å². The van der Waals surface area contributed by atoms with Crippen molar-refractivity contribution in [2.24, 2.45) is 5.92 Å². The second-order valence-corrected chi connectivity index (χ2v) is 5.33. The fraction of sp³-hybridized carbons (Fsp3) is 0.750. The van der Waals surface area contributed by atoms with E-state index in [9.17, 15) is 0 Å². The van der Waals surface area contributed by atoms with Crippen LogP contribution in [0.4, 0.5) is 17.8 Å². The average molecular weight is 248 g/mol. The highest BCUT2D eigenvalue weighted by Gasteiger charge is 2.23. The van der Waals surface area contributed by atoms with Gasteiger partial charge in [-0.15, -0.1) is 0 Å². The molecular formula is C12H20N6. The van der Waals surface area contributed by atoms with Gasteiger partial charge in [0.1, 0.15) is 0 Å². The minimum atomic E-state index is 0.335. The molecule has 1 aromatic rings. The lowest BCUT2D eigenvalue weighted by Gasteiger charge is -2.20. The molecule has 2 aliphatic rings. The van der Waals surface area contributed by atoms with Crippen LogP contribution in [0.5, 0.6) is 0 Å². The van der Waals surface area contributed by atoms with Crippen LogP contribution in [0.1, 0.15) is 26.2 Å². The number of hydrogen-bond acceptors (Lipinski definition) is 6. The molecule has 0 aliphatic carbocycles. The summed E-state index contributed by atoms with van der Waals surface area (Å²) in [6, 6.07) is 0. The van der Waals surface area contributed by atoms with Crippen LogP contribution in [0.2, 0.25) is 0 Å². The summed E-state index contributed by atoms with van der Waals surface area (Å²) in [7, 11) is 0. The second kappa shape index (κ2) is 4.59. The maximum Gasteiger partial charge on any atom is 0.231 e. The van der Waals surface area contributed by atoms with Gasteiger partial charge in [-0.1, -0.05) is 6.92 Å². The van der Waals surface area contributed by atoms with Crippen molar-refractivity contribution in [1.29, 1.82) is 0 Å². The highest BCUT2D eigenvalue weighted by Crippen LogP contribution is 2.23. The summed E-state index contributed by atoms with van der Waals surface area (Å²) in [6.45, 7) is 6.34. The van der Waals surface area contributed by atoms with E-state index in [-0.39, 0.29) is 0 Å². The fourth-order valence-corrected chi connectivity index (χ4v) is 2.69. The predicted molar refractivity (Wildman–Crippen MR) is 71.7 cm³/mol. The summed E-state index contributed by atoms with van der Waals surface area (Å²) >= 11 is 0. The first kappa shape index (κ1) is 11.5. The molecule has 0 aromatic carbocycles. The molecule has 3 rings (SSSR count). The molecule has 6 heteroatoms. The molecule has 18 heavy (non-hydrogen) atoms. The van der Waals surface area contributed by atoms with Gasteiger partial charge in [0.15, 0.2) is 0 Å². The van der Waals surface area contributed by atoms with Crippen LogP contribution in [-0.4, -0.2) is 41.1 Å². The first-order valence-corrected chi connectivity index (χ1v) is 6.74. The lowest BCUT2D eigenvalue weighted by molar-refractivity contribution is 0.658. The Hall–Kier alpha value is -1.59. The molecule has 0 saturated carbocycles. The minimum absolute atomic E-state index is 0.335. The van der Waals surface area contributed by atoms with Gasteiger partial charge in [-0.05, 0) is 25.2 Å². The van der Waals surface area contributed by atoms with E-state index in [1.807, 2.05) is 0 Å². The molecule has 2 N–H and O–H groups in total. The number of nitrogen functional groups attached to an aromatic ring is 1. The summed E-state index contributed by atoms with van der Waals surface area (Å²) in [4.78, 5) is 17.5. The van der Waals surface area contributed by atoms with Crippen LogP contribution in [-0.2, 0) is 0 Å². The summed E-state index contributed by atoms with van der Waals surface area (Å²) < 4.78 is 0. The Balaban J connectivity index is 1.85. The van der Waals surface area contributed by atoms with Gasteiger partial charge in [-0.3, -0.25) is 0 Å². The number of nitrogens with two attached hydrogens (primary N) is 1. The molecule has 3 heterocycles. The lowest BCUT2D eigenvalue weighted by Crippen LogP contribution is -2.26. The molecule has 6 nitrogen and oxygen atoms in total. The lowest BCUT2D eigenvalue weighted by atomic mass is 10.2. The van der Waals surface area contributed by atoms with Crippen molar-refractivity contribution in [2.75, 3.05) is 41.7 Å². The van der Waals surface area contributed by atoms with Gasteiger partial charge in [0.05, 0.1) is 0 Å². The molecule has 0 radical (unpaired) electrons. The van der Waals surface area contributed by atoms with Gasteiger partial charge in [0.2, 0.25) is 17.8 Å². The molecule has 0 amide bonds. The Morgan fingerprint density at radius 2 is 1.67 bits per heavy atom.